The van der Waals surface area contributed by atoms with Gasteiger partial charge in [-0.2, -0.15) is 0 Å². The molecular formula is C25H34N4O4. The number of furan rings is 1. The monoisotopic (exact) mass is 454 g/mol. The van der Waals surface area contributed by atoms with Crippen LogP contribution in [0.2, 0.25) is 0 Å². The summed E-state index contributed by atoms with van der Waals surface area (Å²) in [6, 6.07) is 7.55. The van der Waals surface area contributed by atoms with Crippen LogP contribution in [0.25, 0.3) is 0 Å². The fraction of sp³-hybridized carbons (Fsp3) is 0.560. The van der Waals surface area contributed by atoms with Crippen LogP contribution in [0.1, 0.15) is 49.2 Å². The van der Waals surface area contributed by atoms with E-state index in [4.69, 9.17) is 9.15 Å². The van der Waals surface area contributed by atoms with E-state index in [0.717, 1.165) is 43.1 Å². The number of methoxy groups -OCH3 is 1. The molecule has 3 amide bonds. The second kappa shape index (κ2) is 10.1. The fourth-order valence-corrected chi connectivity index (χ4v) is 4.96. The van der Waals surface area contributed by atoms with E-state index in [1.54, 1.807) is 24.4 Å². The maximum atomic E-state index is 13.6. The average molecular weight is 455 g/mol. The molecule has 2 aromatic rings. The fourth-order valence-electron chi connectivity index (χ4n) is 4.96. The zero-order chi connectivity index (χ0) is 23.4. The number of carbonyl (C=O) groups is 2. The number of aromatic nitrogens is 1. The minimum absolute atomic E-state index is 0.0912. The first-order valence-corrected chi connectivity index (χ1v) is 11.7. The summed E-state index contributed by atoms with van der Waals surface area (Å²) in [4.78, 5) is 36.5. The maximum Gasteiger partial charge on any atom is 0.328 e. The third kappa shape index (κ3) is 4.82. The second-order valence-electron chi connectivity index (χ2n) is 9.19. The van der Waals surface area contributed by atoms with E-state index >= 15 is 0 Å². The molecule has 4 rings (SSSR count). The van der Waals surface area contributed by atoms with E-state index in [9.17, 15) is 9.59 Å². The highest BCUT2D eigenvalue weighted by atomic mass is 16.5. The highest BCUT2D eigenvalue weighted by molar-refractivity contribution is 6.07. The summed E-state index contributed by atoms with van der Waals surface area (Å²) in [5, 5.41) is 0. The Morgan fingerprint density at radius 3 is 2.61 bits per heavy atom. The number of imide groups is 1. The number of ether oxygens (including phenoxy) is 1. The highest BCUT2D eigenvalue weighted by Crippen LogP contribution is 2.38. The molecule has 2 aliphatic heterocycles. The lowest BCUT2D eigenvalue weighted by molar-refractivity contribution is -0.136. The molecule has 2 saturated heterocycles. The van der Waals surface area contributed by atoms with E-state index in [2.05, 4.69) is 22.9 Å². The number of amides is 3. The number of carbonyl (C=O) groups excluding carboxylic acids is 2. The van der Waals surface area contributed by atoms with Crippen LogP contribution in [0.15, 0.2) is 41.1 Å². The predicted octanol–water partition coefficient (Wildman–Crippen LogP) is 3.42. The number of aryl methyl sites for hydroxylation is 1. The van der Waals surface area contributed by atoms with Crippen molar-refractivity contribution in [2.75, 3.05) is 39.9 Å². The quantitative estimate of drug-likeness (QED) is 0.540. The van der Waals surface area contributed by atoms with Crippen molar-refractivity contribution in [3.63, 3.8) is 0 Å². The molecule has 8 heteroatoms. The number of nitrogens with zero attached hydrogens (tertiary/aromatic N) is 4. The van der Waals surface area contributed by atoms with Crippen molar-refractivity contribution in [3.05, 3.63) is 53.7 Å². The van der Waals surface area contributed by atoms with Crippen molar-refractivity contribution in [2.24, 2.45) is 0 Å². The molecule has 8 nitrogen and oxygen atoms in total. The molecule has 0 aliphatic carbocycles. The number of hydrogen-bond acceptors (Lipinski definition) is 6. The molecule has 0 radical (unpaired) electrons. The van der Waals surface area contributed by atoms with Gasteiger partial charge in [-0.3, -0.25) is 14.7 Å². The van der Waals surface area contributed by atoms with Gasteiger partial charge in [0, 0.05) is 45.1 Å². The van der Waals surface area contributed by atoms with E-state index in [0.29, 0.717) is 31.9 Å². The van der Waals surface area contributed by atoms with Crippen molar-refractivity contribution < 1.29 is 18.7 Å². The van der Waals surface area contributed by atoms with E-state index in [1.807, 2.05) is 25.1 Å². The van der Waals surface area contributed by atoms with E-state index in [1.165, 1.54) is 4.90 Å². The van der Waals surface area contributed by atoms with Crippen LogP contribution in [0.4, 0.5) is 4.79 Å². The van der Waals surface area contributed by atoms with Crippen LogP contribution in [0.5, 0.6) is 0 Å². The molecule has 2 aromatic heterocycles. The van der Waals surface area contributed by atoms with Gasteiger partial charge in [-0.25, -0.2) is 4.79 Å². The summed E-state index contributed by atoms with van der Waals surface area (Å²) in [5.74, 6) is 2.21. The molecule has 1 unspecified atom stereocenters. The number of pyridine rings is 1. The van der Waals surface area contributed by atoms with Crippen molar-refractivity contribution in [2.45, 2.75) is 51.1 Å². The van der Waals surface area contributed by atoms with Crippen LogP contribution >= 0.6 is 0 Å². The number of rotatable bonds is 9. The van der Waals surface area contributed by atoms with Crippen LogP contribution < -0.4 is 0 Å². The largest absolute Gasteiger partial charge is 0.466 e. The summed E-state index contributed by atoms with van der Waals surface area (Å²) in [7, 11) is 1.62. The Hall–Kier alpha value is -2.71. The van der Waals surface area contributed by atoms with Gasteiger partial charge in [0.25, 0.3) is 5.91 Å². The molecule has 0 aromatic carbocycles. The molecular weight excluding hydrogens is 420 g/mol. The van der Waals surface area contributed by atoms with Crippen molar-refractivity contribution in [1.29, 1.82) is 0 Å². The molecule has 1 spiro atoms. The Labute approximate surface area is 195 Å². The molecule has 0 bridgehead atoms. The summed E-state index contributed by atoms with van der Waals surface area (Å²) >= 11 is 0. The maximum absolute atomic E-state index is 13.6. The average Bonchev–Trinajstić information content (AvgIpc) is 3.34. The van der Waals surface area contributed by atoms with Gasteiger partial charge in [0.1, 0.15) is 17.1 Å². The molecule has 33 heavy (non-hydrogen) atoms. The number of hydrogen-bond donors (Lipinski definition) is 0. The predicted molar refractivity (Wildman–Crippen MR) is 124 cm³/mol. The number of likely N-dealkylation sites (tertiary alicyclic amines) is 1. The first-order valence-electron chi connectivity index (χ1n) is 11.7. The highest BCUT2D eigenvalue weighted by Gasteiger charge is 2.57. The first-order chi connectivity index (χ1) is 15.9. The van der Waals surface area contributed by atoms with Gasteiger partial charge >= 0.3 is 6.03 Å². The summed E-state index contributed by atoms with van der Waals surface area (Å²) < 4.78 is 11.0. The van der Waals surface area contributed by atoms with Gasteiger partial charge < -0.3 is 19.0 Å². The van der Waals surface area contributed by atoms with Gasteiger partial charge in [-0.15, -0.1) is 0 Å². The summed E-state index contributed by atoms with van der Waals surface area (Å²) in [6.45, 7) is 7.74. The van der Waals surface area contributed by atoms with E-state index < -0.39 is 5.54 Å². The van der Waals surface area contributed by atoms with Crippen LogP contribution in [-0.4, -0.2) is 77.1 Å². The Morgan fingerprint density at radius 1 is 1.18 bits per heavy atom. The van der Waals surface area contributed by atoms with Crippen molar-refractivity contribution in [3.8, 4) is 0 Å². The third-order valence-corrected chi connectivity index (χ3v) is 7.01. The lowest BCUT2D eigenvalue weighted by Crippen LogP contribution is -2.57. The number of piperidine rings is 1. The minimum atomic E-state index is -0.780. The molecule has 0 saturated carbocycles. The summed E-state index contributed by atoms with van der Waals surface area (Å²) in [6.07, 6.45) is 5.66. The van der Waals surface area contributed by atoms with Crippen molar-refractivity contribution >= 4 is 11.9 Å². The van der Waals surface area contributed by atoms with Gasteiger partial charge in [0.2, 0.25) is 0 Å². The third-order valence-electron chi connectivity index (χ3n) is 7.01. The minimum Gasteiger partial charge on any atom is -0.466 e. The summed E-state index contributed by atoms with van der Waals surface area (Å²) in [5.41, 5.74) is 0.0699. The topological polar surface area (TPSA) is 79.1 Å². The van der Waals surface area contributed by atoms with Gasteiger partial charge in [0.15, 0.2) is 0 Å². The smallest absolute Gasteiger partial charge is 0.328 e. The lowest BCUT2D eigenvalue weighted by atomic mass is 9.85. The Bertz CT molecular complexity index is 952. The standard InChI is InChI=1S/C25H34N4O4/c1-19(22-7-6-20(2)33-22)8-12-27-13-9-25(10-14-27)23(30)28(18-21-5-4-11-26-17-21)24(31)29(25)15-16-32-3/h4-7,11,17,19H,8-10,12-16,18H2,1-3H3. The Morgan fingerprint density at radius 2 is 1.97 bits per heavy atom. The molecule has 1 atom stereocenters. The number of urea groups is 1. The molecule has 0 N–H and O–H groups in total. The van der Waals surface area contributed by atoms with Gasteiger partial charge in [-0.05, 0) is 56.5 Å². The SMILES string of the molecule is COCCN1C(=O)N(Cc2cccnc2)C(=O)C12CCN(CCC(C)c1ccc(C)o1)CC2. The molecule has 2 fully saturated rings. The Kier molecular flexibility index (Phi) is 7.14. The Balaban J connectivity index is 1.42. The normalized spacial score (nSPS) is 19.6. The van der Waals surface area contributed by atoms with Crippen molar-refractivity contribution in [1.82, 2.24) is 19.7 Å². The second-order valence-corrected chi connectivity index (χ2v) is 9.19. The molecule has 4 heterocycles. The molecule has 178 valence electrons. The van der Waals surface area contributed by atoms with Crippen LogP contribution in [0, 0.1) is 6.92 Å². The van der Waals surface area contributed by atoms with Gasteiger partial charge in [-0.1, -0.05) is 13.0 Å². The first kappa shape index (κ1) is 23.4. The zero-order valence-electron chi connectivity index (χ0n) is 19.8. The van der Waals surface area contributed by atoms with E-state index in [-0.39, 0.29) is 18.5 Å². The van der Waals surface area contributed by atoms with Crippen LogP contribution in [0.3, 0.4) is 0 Å². The molecule has 2 aliphatic rings. The lowest BCUT2D eigenvalue weighted by Gasteiger charge is -2.42. The zero-order valence-corrected chi connectivity index (χ0v) is 19.8. The van der Waals surface area contributed by atoms with Gasteiger partial charge in [0.05, 0.1) is 13.2 Å². The van der Waals surface area contributed by atoms with Crippen LogP contribution in [-0.2, 0) is 16.1 Å².